The maximum atomic E-state index is 2.58. The Kier molecular flexibility index (Phi) is 4.83. The summed E-state index contributed by atoms with van der Waals surface area (Å²) < 4.78 is 0. The van der Waals surface area contributed by atoms with Crippen molar-refractivity contribution in [2.45, 2.75) is 19.9 Å². The van der Waals surface area contributed by atoms with Crippen LogP contribution in [0.5, 0.6) is 0 Å². The summed E-state index contributed by atoms with van der Waals surface area (Å²) in [5, 5.41) is 0. The fraction of sp³-hybridized carbons (Fsp3) is 0.625. The van der Waals surface area contributed by atoms with Crippen molar-refractivity contribution in [1.82, 2.24) is 9.80 Å². The first-order valence-electron chi connectivity index (χ1n) is 7.26. The fourth-order valence-electron chi connectivity index (χ4n) is 2.70. The summed E-state index contributed by atoms with van der Waals surface area (Å²) in [7, 11) is 4.29. The van der Waals surface area contributed by atoms with Gasteiger partial charge in [0.1, 0.15) is 0 Å². The van der Waals surface area contributed by atoms with E-state index in [1.54, 1.807) is 0 Å². The van der Waals surface area contributed by atoms with E-state index in [0.29, 0.717) is 6.04 Å². The number of aryl methyl sites for hydroxylation is 1. The number of hydrogen-bond acceptors (Lipinski definition) is 3. The molecular formula is C16H27N3. The van der Waals surface area contributed by atoms with E-state index in [-0.39, 0.29) is 0 Å². The van der Waals surface area contributed by atoms with Crippen LogP contribution in [-0.2, 0) is 0 Å². The van der Waals surface area contributed by atoms with Gasteiger partial charge in [-0.05, 0) is 40.1 Å². The van der Waals surface area contributed by atoms with Gasteiger partial charge in [-0.1, -0.05) is 17.7 Å². The fourth-order valence-corrected chi connectivity index (χ4v) is 2.70. The predicted molar refractivity (Wildman–Crippen MR) is 83.0 cm³/mol. The van der Waals surface area contributed by atoms with Crippen LogP contribution in [0.2, 0.25) is 0 Å². The van der Waals surface area contributed by atoms with Crippen LogP contribution < -0.4 is 4.90 Å². The summed E-state index contributed by atoms with van der Waals surface area (Å²) in [4.78, 5) is 7.37. The van der Waals surface area contributed by atoms with Gasteiger partial charge in [0.2, 0.25) is 0 Å². The zero-order valence-corrected chi connectivity index (χ0v) is 12.8. The second-order valence-corrected chi connectivity index (χ2v) is 5.98. The van der Waals surface area contributed by atoms with E-state index >= 15 is 0 Å². The monoisotopic (exact) mass is 261 g/mol. The molecule has 0 aliphatic carbocycles. The van der Waals surface area contributed by atoms with Crippen molar-refractivity contribution in [2.24, 2.45) is 0 Å². The average Bonchev–Trinajstić information content (AvgIpc) is 2.38. The molecule has 1 aromatic rings. The normalized spacial score (nSPS) is 21.1. The lowest BCUT2D eigenvalue weighted by Crippen LogP contribution is -2.53. The first-order chi connectivity index (χ1) is 9.06. The Labute approximate surface area is 117 Å². The van der Waals surface area contributed by atoms with Gasteiger partial charge in [-0.2, -0.15) is 0 Å². The van der Waals surface area contributed by atoms with Gasteiger partial charge in [0.05, 0.1) is 0 Å². The Morgan fingerprint density at radius 3 is 2.42 bits per heavy atom. The van der Waals surface area contributed by atoms with E-state index < -0.39 is 0 Å². The van der Waals surface area contributed by atoms with E-state index in [9.17, 15) is 0 Å². The van der Waals surface area contributed by atoms with Crippen LogP contribution in [0.15, 0.2) is 24.3 Å². The third-order valence-corrected chi connectivity index (χ3v) is 3.94. The van der Waals surface area contributed by atoms with E-state index in [0.717, 1.165) is 13.1 Å². The van der Waals surface area contributed by atoms with Crippen LogP contribution in [0.4, 0.5) is 5.69 Å². The lowest BCUT2D eigenvalue weighted by atomic mass is 10.1. The maximum Gasteiger partial charge on any atom is 0.0389 e. The molecule has 19 heavy (non-hydrogen) atoms. The topological polar surface area (TPSA) is 9.72 Å². The van der Waals surface area contributed by atoms with Gasteiger partial charge >= 0.3 is 0 Å². The zero-order valence-electron chi connectivity index (χ0n) is 12.8. The molecule has 0 amide bonds. The molecule has 0 aromatic heterocycles. The average molecular weight is 261 g/mol. The zero-order chi connectivity index (χ0) is 13.8. The Bertz CT molecular complexity index is 385. The summed E-state index contributed by atoms with van der Waals surface area (Å²) in [6.07, 6.45) is 0. The highest BCUT2D eigenvalue weighted by atomic mass is 15.3. The molecule has 106 valence electrons. The maximum absolute atomic E-state index is 2.58. The Balaban J connectivity index is 1.91. The molecule has 0 bridgehead atoms. The highest BCUT2D eigenvalue weighted by molar-refractivity contribution is 5.48. The first-order valence-corrected chi connectivity index (χ1v) is 7.26. The number of nitrogens with zero attached hydrogens (tertiary/aromatic N) is 3. The molecule has 1 unspecified atom stereocenters. The van der Waals surface area contributed by atoms with Crippen molar-refractivity contribution < 1.29 is 0 Å². The Morgan fingerprint density at radius 1 is 1.16 bits per heavy atom. The molecule has 0 radical (unpaired) electrons. The Hall–Kier alpha value is -1.06. The molecule has 1 aliphatic heterocycles. The minimum Gasteiger partial charge on any atom is -0.366 e. The molecule has 0 N–H and O–H groups in total. The quantitative estimate of drug-likeness (QED) is 0.821. The van der Waals surface area contributed by atoms with Crippen molar-refractivity contribution in [3.8, 4) is 0 Å². The highest BCUT2D eigenvalue weighted by Gasteiger charge is 2.23. The molecule has 1 aromatic carbocycles. The largest absolute Gasteiger partial charge is 0.366 e. The molecular weight excluding hydrogens is 234 g/mol. The highest BCUT2D eigenvalue weighted by Crippen LogP contribution is 2.20. The van der Waals surface area contributed by atoms with Crippen LogP contribution in [0.1, 0.15) is 12.5 Å². The van der Waals surface area contributed by atoms with Gasteiger partial charge in [-0.3, -0.25) is 4.90 Å². The minimum absolute atomic E-state index is 0.596. The third kappa shape index (κ3) is 3.95. The standard InChI is InChI=1S/C16H27N3/c1-14-5-7-16(8-6-14)19-12-11-18(13-15(19)2)10-9-17(3)4/h5-8,15H,9-13H2,1-4H3. The van der Waals surface area contributed by atoms with Gasteiger partial charge in [-0.25, -0.2) is 0 Å². The number of benzene rings is 1. The van der Waals surface area contributed by atoms with Crippen LogP contribution >= 0.6 is 0 Å². The summed E-state index contributed by atoms with van der Waals surface area (Å²) in [6.45, 7) is 10.3. The molecule has 0 saturated carbocycles. The van der Waals surface area contributed by atoms with Crippen LogP contribution in [0, 0.1) is 6.92 Å². The second kappa shape index (κ2) is 6.40. The van der Waals surface area contributed by atoms with Gasteiger partial charge < -0.3 is 9.80 Å². The van der Waals surface area contributed by atoms with E-state index in [1.807, 2.05) is 0 Å². The minimum atomic E-state index is 0.596. The number of hydrogen-bond donors (Lipinski definition) is 0. The summed E-state index contributed by atoms with van der Waals surface area (Å²) in [5.41, 5.74) is 2.70. The molecule has 1 aliphatic rings. The molecule has 1 atom stereocenters. The third-order valence-electron chi connectivity index (χ3n) is 3.94. The van der Waals surface area contributed by atoms with Crippen molar-refractivity contribution in [2.75, 3.05) is 51.7 Å². The van der Waals surface area contributed by atoms with Gasteiger partial charge in [-0.15, -0.1) is 0 Å². The number of likely N-dealkylation sites (N-methyl/N-ethyl adjacent to an activating group) is 1. The SMILES string of the molecule is Cc1ccc(N2CCN(CCN(C)C)CC2C)cc1. The van der Waals surface area contributed by atoms with Gasteiger partial charge in [0.25, 0.3) is 0 Å². The van der Waals surface area contributed by atoms with Crippen molar-refractivity contribution >= 4 is 5.69 Å². The number of piperazine rings is 1. The summed E-state index contributed by atoms with van der Waals surface area (Å²) in [5.74, 6) is 0. The number of anilines is 1. The van der Waals surface area contributed by atoms with E-state index in [2.05, 4.69) is 66.9 Å². The molecule has 3 heteroatoms. The summed E-state index contributed by atoms with van der Waals surface area (Å²) >= 11 is 0. The molecule has 3 nitrogen and oxygen atoms in total. The molecule has 1 fully saturated rings. The van der Waals surface area contributed by atoms with Gasteiger partial charge in [0, 0.05) is 44.5 Å². The predicted octanol–water partition coefficient (Wildman–Crippen LogP) is 2.07. The lowest BCUT2D eigenvalue weighted by Gasteiger charge is -2.41. The van der Waals surface area contributed by atoms with Crippen LogP contribution in [0.25, 0.3) is 0 Å². The van der Waals surface area contributed by atoms with Crippen molar-refractivity contribution in [3.63, 3.8) is 0 Å². The lowest BCUT2D eigenvalue weighted by molar-refractivity contribution is 0.207. The van der Waals surface area contributed by atoms with Crippen LogP contribution in [-0.4, -0.2) is 62.7 Å². The smallest absolute Gasteiger partial charge is 0.0389 e. The first kappa shape index (κ1) is 14.4. The van der Waals surface area contributed by atoms with Crippen molar-refractivity contribution in [1.29, 1.82) is 0 Å². The van der Waals surface area contributed by atoms with Crippen molar-refractivity contribution in [3.05, 3.63) is 29.8 Å². The summed E-state index contributed by atoms with van der Waals surface area (Å²) in [6, 6.07) is 9.52. The molecule has 1 saturated heterocycles. The van der Waals surface area contributed by atoms with Gasteiger partial charge in [0.15, 0.2) is 0 Å². The Morgan fingerprint density at radius 2 is 1.84 bits per heavy atom. The molecule has 2 rings (SSSR count). The molecule has 0 spiro atoms. The van der Waals surface area contributed by atoms with Crippen LogP contribution in [0.3, 0.4) is 0 Å². The molecule has 1 heterocycles. The van der Waals surface area contributed by atoms with E-state index in [1.165, 1.54) is 30.9 Å². The van der Waals surface area contributed by atoms with E-state index in [4.69, 9.17) is 0 Å². The second-order valence-electron chi connectivity index (χ2n) is 5.98. The number of rotatable bonds is 4.